The zero-order chi connectivity index (χ0) is 13.8. The summed E-state index contributed by atoms with van der Waals surface area (Å²) < 4.78 is 14.0. The number of halogens is 2. The number of hydrogen-bond acceptors (Lipinski definition) is 1. The summed E-state index contributed by atoms with van der Waals surface area (Å²) in [5.74, 6) is 1.15. The molecule has 1 aromatic rings. The highest BCUT2D eigenvalue weighted by atomic mass is 79.9. The Morgan fingerprint density at radius 1 is 1.37 bits per heavy atom. The second-order valence-electron chi connectivity index (χ2n) is 6.12. The molecule has 1 N–H and O–H groups in total. The highest BCUT2D eigenvalue weighted by Crippen LogP contribution is 2.25. The first-order chi connectivity index (χ1) is 9.04. The summed E-state index contributed by atoms with van der Waals surface area (Å²) in [5, 5.41) is 3.62. The van der Waals surface area contributed by atoms with Gasteiger partial charge in [-0.3, -0.25) is 0 Å². The lowest BCUT2D eigenvalue weighted by Crippen LogP contribution is -2.27. The molecule has 1 unspecified atom stereocenters. The Morgan fingerprint density at radius 2 is 2.11 bits per heavy atom. The van der Waals surface area contributed by atoms with E-state index in [-0.39, 0.29) is 5.82 Å². The van der Waals surface area contributed by atoms with Gasteiger partial charge in [-0.25, -0.2) is 4.39 Å². The topological polar surface area (TPSA) is 12.0 Å². The molecule has 1 atom stereocenters. The van der Waals surface area contributed by atoms with E-state index in [1.165, 1.54) is 24.8 Å². The lowest BCUT2D eigenvalue weighted by Gasteiger charge is -2.20. The van der Waals surface area contributed by atoms with Gasteiger partial charge in [-0.2, -0.15) is 0 Å². The summed E-state index contributed by atoms with van der Waals surface area (Å²) >= 11 is 3.47. The van der Waals surface area contributed by atoms with Crippen molar-refractivity contribution >= 4 is 15.9 Å². The van der Waals surface area contributed by atoms with E-state index >= 15 is 0 Å². The average molecular weight is 328 g/mol. The van der Waals surface area contributed by atoms with Crippen LogP contribution < -0.4 is 5.32 Å². The van der Waals surface area contributed by atoms with Crippen LogP contribution in [0.5, 0.6) is 0 Å². The van der Waals surface area contributed by atoms with Crippen molar-refractivity contribution in [3.05, 3.63) is 34.1 Å². The molecule has 1 aliphatic carbocycles. The fraction of sp³-hybridized carbons (Fsp3) is 0.625. The summed E-state index contributed by atoms with van der Waals surface area (Å²) in [6.07, 6.45) is 4.88. The van der Waals surface area contributed by atoms with Crippen LogP contribution in [-0.2, 0) is 6.42 Å². The molecule has 3 heteroatoms. The van der Waals surface area contributed by atoms with Crippen LogP contribution >= 0.6 is 15.9 Å². The molecule has 0 bridgehead atoms. The van der Waals surface area contributed by atoms with Gasteiger partial charge in [0.1, 0.15) is 5.82 Å². The van der Waals surface area contributed by atoms with Crippen molar-refractivity contribution in [1.29, 1.82) is 0 Å². The van der Waals surface area contributed by atoms with Crippen molar-refractivity contribution < 1.29 is 4.39 Å². The van der Waals surface area contributed by atoms with Gasteiger partial charge in [0.05, 0.1) is 0 Å². The fourth-order valence-electron chi connectivity index (χ4n) is 2.52. The Morgan fingerprint density at radius 3 is 2.68 bits per heavy atom. The van der Waals surface area contributed by atoms with Gasteiger partial charge in [0, 0.05) is 10.5 Å². The molecule has 0 radical (unpaired) electrons. The smallest absolute Gasteiger partial charge is 0.124 e. The largest absolute Gasteiger partial charge is 0.314 e. The third-order valence-corrected chi connectivity index (χ3v) is 4.34. The molecule has 1 aliphatic rings. The van der Waals surface area contributed by atoms with Gasteiger partial charge in [0.25, 0.3) is 0 Å². The van der Waals surface area contributed by atoms with Crippen molar-refractivity contribution in [2.45, 2.75) is 45.6 Å². The van der Waals surface area contributed by atoms with Crippen LogP contribution in [0.25, 0.3) is 0 Å². The third kappa shape index (κ3) is 5.23. The first-order valence-corrected chi connectivity index (χ1v) is 8.01. The summed E-state index contributed by atoms with van der Waals surface area (Å²) in [6.45, 7) is 5.61. The predicted molar refractivity (Wildman–Crippen MR) is 81.8 cm³/mol. The monoisotopic (exact) mass is 327 g/mol. The molecule has 0 aromatic heterocycles. The Bertz CT molecular complexity index is 415. The zero-order valence-corrected chi connectivity index (χ0v) is 13.3. The molecule has 1 nitrogen and oxygen atoms in total. The molecule has 19 heavy (non-hydrogen) atoms. The second kappa shape index (κ2) is 6.85. The van der Waals surface area contributed by atoms with Gasteiger partial charge in [-0.15, -0.1) is 0 Å². The van der Waals surface area contributed by atoms with Crippen LogP contribution in [0.2, 0.25) is 0 Å². The molecule has 0 saturated heterocycles. The quantitative estimate of drug-likeness (QED) is 0.774. The molecule has 2 rings (SSSR count). The molecule has 1 aromatic carbocycles. The maximum atomic E-state index is 13.1. The fourth-order valence-corrected chi connectivity index (χ4v) is 3.04. The molecule has 1 fully saturated rings. The van der Waals surface area contributed by atoms with Crippen molar-refractivity contribution in [2.75, 3.05) is 6.54 Å². The zero-order valence-electron chi connectivity index (χ0n) is 11.8. The summed E-state index contributed by atoms with van der Waals surface area (Å²) in [4.78, 5) is 0. The van der Waals surface area contributed by atoms with E-state index < -0.39 is 0 Å². The molecule has 0 spiro atoms. The third-order valence-electron chi connectivity index (χ3n) is 3.60. The van der Waals surface area contributed by atoms with Gasteiger partial charge >= 0.3 is 0 Å². The van der Waals surface area contributed by atoms with E-state index in [0.717, 1.165) is 23.5 Å². The van der Waals surface area contributed by atoms with Gasteiger partial charge < -0.3 is 5.32 Å². The van der Waals surface area contributed by atoms with Crippen molar-refractivity contribution in [1.82, 2.24) is 5.32 Å². The van der Waals surface area contributed by atoms with E-state index in [4.69, 9.17) is 0 Å². The Balaban J connectivity index is 1.96. The number of benzene rings is 1. The number of hydrogen-bond donors (Lipinski definition) is 1. The molecular formula is C16H23BrFN. The van der Waals surface area contributed by atoms with Gasteiger partial charge in [-0.1, -0.05) is 35.8 Å². The van der Waals surface area contributed by atoms with Crippen molar-refractivity contribution in [2.24, 2.45) is 11.8 Å². The Labute approximate surface area is 124 Å². The van der Waals surface area contributed by atoms with Crippen LogP contribution in [0.3, 0.4) is 0 Å². The normalized spacial score (nSPS) is 16.9. The van der Waals surface area contributed by atoms with Crippen LogP contribution in [0.15, 0.2) is 22.7 Å². The first-order valence-electron chi connectivity index (χ1n) is 7.22. The van der Waals surface area contributed by atoms with Crippen molar-refractivity contribution in [3.63, 3.8) is 0 Å². The van der Waals surface area contributed by atoms with Crippen LogP contribution in [0, 0.1) is 17.7 Å². The summed E-state index contributed by atoms with van der Waals surface area (Å²) in [5.41, 5.74) is 1.21. The van der Waals surface area contributed by atoms with Gasteiger partial charge in [-0.05, 0) is 61.8 Å². The lowest BCUT2D eigenvalue weighted by molar-refractivity contribution is 0.383. The molecule has 0 amide bonds. The lowest BCUT2D eigenvalue weighted by atomic mass is 9.91. The van der Waals surface area contributed by atoms with Crippen LogP contribution in [0.1, 0.15) is 38.7 Å². The minimum absolute atomic E-state index is 0.174. The van der Waals surface area contributed by atoms with Crippen molar-refractivity contribution in [3.8, 4) is 0 Å². The second-order valence-corrected chi connectivity index (χ2v) is 6.97. The van der Waals surface area contributed by atoms with E-state index in [2.05, 4.69) is 35.1 Å². The number of rotatable bonds is 7. The summed E-state index contributed by atoms with van der Waals surface area (Å²) in [6, 6.07) is 5.78. The average Bonchev–Trinajstić information content (AvgIpc) is 3.13. The summed E-state index contributed by atoms with van der Waals surface area (Å²) in [7, 11) is 0. The SMILES string of the molecule is CC(C)CC(CNC1CC1)Cc1ccc(F)cc1Br. The molecule has 106 valence electrons. The maximum Gasteiger partial charge on any atom is 0.124 e. The van der Waals surface area contributed by atoms with Gasteiger partial charge in [0.15, 0.2) is 0 Å². The highest BCUT2D eigenvalue weighted by molar-refractivity contribution is 9.10. The van der Waals surface area contributed by atoms with Crippen LogP contribution in [-0.4, -0.2) is 12.6 Å². The molecule has 0 aliphatic heterocycles. The Kier molecular flexibility index (Phi) is 5.40. The molecule has 0 heterocycles. The predicted octanol–water partition coefficient (Wildman–Crippen LogP) is 4.55. The highest BCUT2D eigenvalue weighted by Gasteiger charge is 2.22. The van der Waals surface area contributed by atoms with Gasteiger partial charge in [0.2, 0.25) is 0 Å². The minimum atomic E-state index is -0.174. The van der Waals surface area contributed by atoms with E-state index in [9.17, 15) is 4.39 Å². The van der Waals surface area contributed by atoms with Crippen LogP contribution in [0.4, 0.5) is 4.39 Å². The molecular weight excluding hydrogens is 305 g/mol. The Hall–Kier alpha value is -0.410. The minimum Gasteiger partial charge on any atom is -0.314 e. The van der Waals surface area contributed by atoms with E-state index in [1.54, 1.807) is 12.1 Å². The van der Waals surface area contributed by atoms with E-state index in [0.29, 0.717) is 11.8 Å². The standard InChI is InChI=1S/C16H23BrFN/c1-11(2)7-12(10-19-15-5-6-15)8-13-3-4-14(18)9-16(13)17/h3-4,9,11-12,15,19H,5-8,10H2,1-2H3. The van der Waals surface area contributed by atoms with E-state index in [1.807, 2.05) is 6.07 Å². The molecule has 1 saturated carbocycles. The number of nitrogens with one attached hydrogen (secondary N) is 1. The maximum absolute atomic E-state index is 13.1. The first kappa shape index (κ1) is 15.0.